The van der Waals surface area contributed by atoms with E-state index < -0.39 is 0 Å². The number of nitrogens with zero attached hydrogens (tertiary/aromatic N) is 1. The van der Waals surface area contributed by atoms with Gasteiger partial charge in [0.1, 0.15) is 5.60 Å². The molecule has 0 bridgehead atoms. The zero-order valence-electron chi connectivity index (χ0n) is 12.6. The van der Waals surface area contributed by atoms with Gasteiger partial charge in [-0.2, -0.15) is 0 Å². The fourth-order valence-electron chi connectivity index (χ4n) is 3.13. The molecule has 1 amide bonds. The van der Waals surface area contributed by atoms with Crippen molar-refractivity contribution in [2.75, 3.05) is 13.1 Å². The van der Waals surface area contributed by atoms with E-state index in [-0.39, 0.29) is 11.7 Å². The molecular formula is C15H27NO2. The van der Waals surface area contributed by atoms with Crippen molar-refractivity contribution in [2.45, 2.75) is 53.6 Å². The van der Waals surface area contributed by atoms with Crippen LogP contribution < -0.4 is 0 Å². The maximum atomic E-state index is 11.9. The number of carbonyl (C=O) groups is 1. The molecule has 0 spiro atoms. The van der Waals surface area contributed by atoms with Gasteiger partial charge in [0.25, 0.3) is 0 Å². The first-order chi connectivity index (χ1) is 8.07. The number of hydrogen-bond donors (Lipinski definition) is 0. The normalized spacial score (nSPS) is 31.2. The number of piperidine rings is 1. The number of amides is 1. The molecule has 2 fully saturated rings. The number of rotatable bonds is 1. The standard InChI is InChI=1S/C15H27NO2/c1-14(2,3)7-10-11-8-16(9-12(10)11)13(17)18-15(4,5)6/h10-12H,7-9H2,1-6H3/t10?,11-,12+. The van der Waals surface area contributed by atoms with Gasteiger partial charge in [-0.15, -0.1) is 0 Å². The maximum Gasteiger partial charge on any atom is 0.410 e. The summed E-state index contributed by atoms with van der Waals surface area (Å²) in [5, 5.41) is 0. The molecule has 3 nitrogen and oxygen atoms in total. The van der Waals surface area contributed by atoms with E-state index in [1.165, 1.54) is 6.42 Å². The average molecular weight is 253 g/mol. The highest BCUT2D eigenvalue weighted by Crippen LogP contribution is 2.56. The predicted molar refractivity (Wildman–Crippen MR) is 72.3 cm³/mol. The molecule has 3 atom stereocenters. The lowest BCUT2D eigenvalue weighted by atomic mass is 9.88. The molecule has 0 aromatic carbocycles. The van der Waals surface area contributed by atoms with Crippen molar-refractivity contribution in [3.05, 3.63) is 0 Å². The molecule has 0 radical (unpaired) electrons. The Balaban J connectivity index is 1.79. The van der Waals surface area contributed by atoms with Crippen LogP contribution in [0.25, 0.3) is 0 Å². The highest BCUT2D eigenvalue weighted by Gasteiger charge is 2.57. The molecule has 0 aromatic heterocycles. The Morgan fingerprint density at radius 3 is 2.00 bits per heavy atom. The van der Waals surface area contributed by atoms with E-state index in [1.807, 2.05) is 25.7 Å². The first kappa shape index (κ1) is 13.7. The molecule has 2 aliphatic rings. The first-order valence-corrected chi connectivity index (χ1v) is 7.05. The second-order valence-electron chi connectivity index (χ2n) is 8.14. The van der Waals surface area contributed by atoms with Crippen LogP contribution in [0.5, 0.6) is 0 Å². The summed E-state index contributed by atoms with van der Waals surface area (Å²) < 4.78 is 5.41. The van der Waals surface area contributed by atoms with E-state index in [2.05, 4.69) is 20.8 Å². The first-order valence-electron chi connectivity index (χ1n) is 7.05. The van der Waals surface area contributed by atoms with E-state index in [0.717, 1.165) is 30.8 Å². The Hall–Kier alpha value is -0.730. The Morgan fingerprint density at radius 1 is 1.11 bits per heavy atom. The maximum absolute atomic E-state index is 11.9. The lowest BCUT2D eigenvalue weighted by Crippen LogP contribution is -2.37. The number of hydrogen-bond acceptors (Lipinski definition) is 2. The van der Waals surface area contributed by atoms with Gasteiger partial charge >= 0.3 is 6.09 Å². The van der Waals surface area contributed by atoms with Crippen LogP contribution in [0, 0.1) is 23.2 Å². The number of likely N-dealkylation sites (tertiary alicyclic amines) is 1. The molecule has 1 heterocycles. The second-order valence-corrected chi connectivity index (χ2v) is 8.14. The number of carbonyl (C=O) groups excluding carboxylic acids is 1. The third-order valence-electron chi connectivity index (χ3n) is 3.87. The van der Waals surface area contributed by atoms with Crippen LogP contribution in [0.4, 0.5) is 4.79 Å². The van der Waals surface area contributed by atoms with Crippen LogP contribution in [-0.4, -0.2) is 29.7 Å². The van der Waals surface area contributed by atoms with Crippen molar-refractivity contribution in [3.63, 3.8) is 0 Å². The fourth-order valence-corrected chi connectivity index (χ4v) is 3.13. The minimum atomic E-state index is -0.380. The molecule has 0 N–H and O–H groups in total. The van der Waals surface area contributed by atoms with E-state index in [4.69, 9.17) is 4.74 Å². The summed E-state index contributed by atoms with van der Waals surface area (Å²) >= 11 is 0. The molecule has 104 valence electrons. The minimum Gasteiger partial charge on any atom is -0.444 e. The lowest BCUT2D eigenvalue weighted by molar-refractivity contribution is 0.0262. The summed E-state index contributed by atoms with van der Waals surface area (Å²) in [7, 11) is 0. The Kier molecular flexibility index (Phi) is 3.15. The number of fused-ring (bicyclic) bond motifs is 1. The fraction of sp³-hybridized carbons (Fsp3) is 0.933. The molecule has 2 rings (SSSR count). The van der Waals surface area contributed by atoms with Crippen LogP contribution >= 0.6 is 0 Å². The van der Waals surface area contributed by atoms with Crippen LogP contribution in [0.3, 0.4) is 0 Å². The lowest BCUT2D eigenvalue weighted by Gasteiger charge is -2.27. The zero-order chi connectivity index (χ0) is 13.7. The molecular weight excluding hydrogens is 226 g/mol. The highest BCUT2D eigenvalue weighted by atomic mass is 16.6. The molecule has 18 heavy (non-hydrogen) atoms. The van der Waals surface area contributed by atoms with Crippen LogP contribution in [-0.2, 0) is 4.74 Å². The highest BCUT2D eigenvalue weighted by molar-refractivity contribution is 5.68. The summed E-state index contributed by atoms with van der Waals surface area (Å²) in [4.78, 5) is 13.8. The summed E-state index contributed by atoms with van der Waals surface area (Å²) in [5.41, 5.74) is 0.0282. The van der Waals surface area contributed by atoms with Gasteiger partial charge in [0.15, 0.2) is 0 Å². The van der Waals surface area contributed by atoms with Crippen molar-refractivity contribution in [1.82, 2.24) is 4.90 Å². The van der Waals surface area contributed by atoms with E-state index in [9.17, 15) is 4.79 Å². The van der Waals surface area contributed by atoms with E-state index >= 15 is 0 Å². The molecule has 1 aliphatic heterocycles. The van der Waals surface area contributed by atoms with Crippen molar-refractivity contribution in [3.8, 4) is 0 Å². The molecule has 1 saturated carbocycles. The van der Waals surface area contributed by atoms with Crippen LogP contribution in [0.1, 0.15) is 48.0 Å². The summed E-state index contributed by atoms with van der Waals surface area (Å²) in [6.45, 7) is 14.5. The summed E-state index contributed by atoms with van der Waals surface area (Å²) in [6.07, 6.45) is 1.15. The monoisotopic (exact) mass is 253 g/mol. The van der Waals surface area contributed by atoms with Crippen molar-refractivity contribution in [1.29, 1.82) is 0 Å². The number of ether oxygens (including phenoxy) is 1. The molecule has 0 aromatic rings. The third kappa shape index (κ3) is 3.18. The quantitative estimate of drug-likeness (QED) is 0.715. The van der Waals surface area contributed by atoms with Gasteiger partial charge in [0, 0.05) is 13.1 Å². The van der Waals surface area contributed by atoms with Gasteiger partial charge in [-0.1, -0.05) is 20.8 Å². The Bertz CT molecular complexity index is 325. The van der Waals surface area contributed by atoms with E-state index in [1.54, 1.807) is 0 Å². The van der Waals surface area contributed by atoms with Crippen molar-refractivity contribution < 1.29 is 9.53 Å². The molecule has 1 aliphatic carbocycles. The SMILES string of the molecule is CC(C)(C)CC1[C@H]2CN(C(=O)OC(C)(C)C)C[C@@H]12. The van der Waals surface area contributed by atoms with Crippen LogP contribution in [0.15, 0.2) is 0 Å². The predicted octanol–water partition coefficient (Wildman–Crippen LogP) is 3.54. The van der Waals surface area contributed by atoms with Gasteiger partial charge in [-0.25, -0.2) is 4.79 Å². The second kappa shape index (κ2) is 4.14. The smallest absolute Gasteiger partial charge is 0.410 e. The van der Waals surface area contributed by atoms with Crippen molar-refractivity contribution >= 4 is 6.09 Å². The average Bonchev–Trinajstić information content (AvgIpc) is 2.58. The molecule has 3 heteroatoms. The van der Waals surface area contributed by atoms with Crippen LogP contribution in [0.2, 0.25) is 0 Å². The Labute approximate surface area is 111 Å². The van der Waals surface area contributed by atoms with Gasteiger partial charge in [-0.05, 0) is 50.4 Å². The van der Waals surface area contributed by atoms with Gasteiger partial charge in [-0.3, -0.25) is 0 Å². The summed E-state index contributed by atoms with van der Waals surface area (Å²) in [6, 6.07) is 0. The zero-order valence-corrected chi connectivity index (χ0v) is 12.6. The third-order valence-corrected chi connectivity index (χ3v) is 3.87. The Morgan fingerprint density at radius 2 is 1.61 bits per heavy atom. The van der Waals surface area contributed by atoms with Gasteiger partial charge in [0.2, 0.25) is 0 Å². The summed E-state index contributed by atoms with van der Waals surface area (Å²) in [5.74, 6) is 2.30. The molecule has 1 unspecified atom stereocenters. The molecule has 1 saturated heterocycles. The largest absolute Gasteiger partial charge is 0.444 e. The minimum absolute atomic E-state index is 0.135. The van der Waals surface area contributed by atoms with Gasteiger partial charge < -0.3 is 9.64 Å². The van der Waals surface area contributed by atoms with Gasteiger partial charge in [0.05, 0.1) is 0 Å². The van der Waals surface area contributed by atoms with Crippen molar-refractivity contribution in [2.24, 2.45) is 23.2 Å². The topological polar surface area (TPSA) is 29.5 Å². The van der Waals surface area contributed by atoms with E-state index in [0.29, 0.717) is 5.41 Å².